The number of anilines is 3. The lowest BCUT2D eigenvalue weighted by Crippen LogP contribution is -2.33. The number of nitriles is 1. The number of nitrogens with one attached hydrogen (secondary N) is 2. The number of aryl methyl sites for hydroxylation is 1. The molecule has 0 amide bonds. The molecule has 1 saturated carbocycles. The van der Waals surface area contributed by atoms with Gasteiger partial charge < -0.3 is 20.9 Å². The number of nitrogens with two attached hydrogens (primary N) is 1. The SMILES string of the molecule is CCn1cnc2c(Nc3cccc(C#N)c3)nc(N[C@H]3CC[C@H](N)CC3)nc21. The zero-order valence-corrected chi connectivity index (χ0v) is 15.9. The van der Waals surface area contributed by atoms with Crippen LogP contribution in [-0.4, -0.2) is 31.6 Å². The fourth-order valence-corrected chi connectivity index (χ4v) is 3.58. The Balaban J connectivity index is 1.67. The van der Waals surface area contributed by atoms with Crippen molar-refractivity contribution in [2.75, 3.05) is 10.6 Å². The lowest BCUT2D eigenvalue weighted by molar-refractivity contribution is 0.410. The van der Waals surface area contributed by atoms with Crippen molar-refractivity contribution in [3.8, 4) is 6.07 Å². The van der Waals surface area contributed by atoms with Crippen molar-refractivity contribution >= 4 is 28.6 Å². The molecule has 1 fully saturated rings. The van der Waals surface area contributed by atoms with Crippen LogP contribution in [0, 0.1) is 11.3 Å². The number of imidazole rings is 1. The average molecular weight is 376 g/mol. The third-order valence-corrected chi connectivity index (χ3v) is 5.16. The van der Waals surface area contributed by atoms with E-state index in [9.17, 15) is 0 Å². The van der Waals surface area contributed by atoms with Gasteiger partial charge in [0.2, 0.25) is 5.95 Å². The lowest BCUT2D eigenvalue weighted by Gasteiger charge is -2.26. The average Bonchev–Trinajstić information content (AvgIpc) is 3.13. The van der Waals surface area contributed by atoms with E-state index in [4.69, 9.17) is 16.0 Å². The Bertz CT molecular complexity index is 1010. The summed E-state index contributed by atoms with van der Waals surface area (Å²) in [6.07, 6.45) is 5.84. The molecule has 1 aromatic carbocycles. The van der Waals surface area contributed by atoms with Crippen molar-refractivity contribution in [3.05, 3.63) is 36.2 Å². The number of rotatable bonds is 5. The fraction of sp³-hybridized carbons (Fsp3) is 0.400. The minimum absolute atomic E-state index is 0.299. The molecule has 4 rings (SSSR count). The van der Waals surface area contributed by atoms with Gasteiger partial charge in [-0.3, -0.25) is 0 Å². The molecule has 28 heavy (non-hydrogen) atoms. The quantitative estimate of drug-likeness (QED) is 0.626. The highest BCUT2D eigenvalue weighted by Crippen LogP contribution is 2.26. The van der Waals surface area contributed by atoms with E-state index in [1.165, 1.54) is 0 Å². The van der Waals surface area contributed by atoms with Crippen LogP contribution in [0.3, 0.4) is 0 Å². The second-order valence-electron chi connectivity index (χ2n) is 7.17. The highest BCUT2D eigenvalue weighted by Gasteiger charge is 2.20. The zero-order valence-electron chi connectivity index (χ0n) is 15.9. The topological polar surface area (TPSA) is 117 Å². The molecule has 144 valence electrons. The van der Waals surface area contributed by atoms with E-state index in [1.54, 1.807) is 18.5 Å². The number of benzene rings is 1. The van der Waals surface area contributed by atoms with Crippen LogP contribution in [0.1, 0.15) is 38.2 Å². The predicted molar refractivity (Wildman–Crippen MR) is 109 cm³/mol. The van der Waals surface area contributed by atoms with Gasteiger partial charge in [-0.15, -0.1) is 0 Å². The first-order valence-electron chi connectivity index (χ1n) is 9.68. The van der Waals surface area contributed by atoms with Crippen molar-refractivity contribution in [1.82, 2.24) is 19.5 Å². The summed E-state index contributed by atoms with van der Waals surface area (Å²) < 4.78 is 2.00. The van der Waals surface area contributed by atoms with Crippen molar-refractivity contribution in [1.29, 1.82) is 5.26 Å². The molecule has 8 nitrogen and oxygen atoms in total. The lowest BCUT2D eigenvalue weighted by atomic mass is 9.92. The molecule has 0 spiro atoms. The molecule has 0 bridgehead atoms. The van der Waals surface area contributed by atoms with Crippen LogP contribution in [0.25, 0.3) is 11.2 Å². The highest BCUT2D eigenvalue weighted by atomic mass is 15.2. The fourth-order valence-electron chi connectivity index (χ4n) is 3.58. The van der Waals surface area contributed by atoms with Gasteiger partial charge in [0.05, 0.1) is 18.0 Å². The maximum Gasteiger partial charge on any atom is 0.227 e. The maximum atomic E-state index is 9.14. The summed E-state index contributed by atoms with van der Waals surface area (Å²) in [5.74, 6) is 1.21. The van der Waals surface area contributed by atoms with Crippen LogP contribution >= 0.6 is 0 Å². The molecule has 1 aliphatic carbocycles. The molecule has 0 radical (unpaired) electrons. The molecule has 1 aliphatic rings. The Morgan fingerprint density at radius 1 is 1.25 bits per heavy atom. The summed E-state index contributed by atoms with van der Waals surface area (Å²) in [6.45, 7) is 2.83. The van der Waals surface area contributed by atoms with Crippen molar-refractivity contribution in [3.63, 3.8) is 0 Å². The van der Waals surface area contributed by atoms with Crippen molar-refractivity contribution in [2.45, 2.75) is 51.2 Å². The molecule has 0 atom stereocenters. The number of nitrogens with zero attached hydrogens (tertiary/aromatic N) is 5. The second-order valence-corrected chi connectivity index (χ2v) is 7.17. The summed E-state index contributed by atoms with van der Waals surface area (Å²) in [5, 5.41) is 15.9. The van der Waals surface area contributed by atoms with Gasteiger partial charge >= 0.3 is 0 Å². The highest BCUT2D eigenvalue weighted by molar-refractivity contribution is 5.86. The normalized spacial score (nSPS) is 19.3. The van der Waals surface area contributed by atoms with Crippen LogP contribution in [-0.2, 0) is 6.54 Å². The van der Waals surface area contributed by atoms with Crippen LogP contribution < -0.4 is 16.4 Å². The Hall–Kier alpha value is -3.18. The molecular formula is C20H24N8. The van der Waals surface area contributed by atoms with Gasteiger partial charge in [-0.2, -0.15) is 15.2 Å². The summed E-state index contributed by atoms with van der Waals surface area (Å²) in [6, 6.07) is 10.1. The molecule has 3 aromatic rings. The van der Waals surface area contributed by atoms with E-state index in [2.05, 4.69) is 33.6 Å². The van der Waals surface area contributed by atoms with Gasteiger partial charge in [-0.25, -0.2) is 4.98 Å². The van der Waals surface area contributed by atoms with Crippen LogP contribution in [0.4, 0.5) is 17.5 Å². The molecule has 4 N–H and O–H groups in total. The van der Waals surface area contributed by atoms with E-state index in [-0.39, 0.29) is 0 Å². The maximum absolute atomic E-state index is 9.14. The Labute approximate surface area is 163 Å². The standard InChI is InChI=1S/C20H24N8/c1-2-28-12-23-17-18(24-16-5-3-4-13(10-16)11-21)26-20(27-19(17)28)25-15-8-6-14(22)7-9-15/h3-5,10,12,14-15H,2,6-9,22H2,1H3,(H2,24,25,26,27)/t14-,15-. The van der Waals surface area contributed by atoms with Gasteiger partial charge in [0.25, 0.3) is 0 Å². The molecule has 2 aromatic heterocycles. The van der Waals surface area contributed by atoms with Crippen LogP contribution in [0.2, 0.25) is 0 Å². The molecule has 0 aliphatic heterocycles. The van der Waals surface area contributed by atoms with E-state index in [1.807, 2.05) is 16.7 Å². The zero-order chi connectivity index (χ0) is 19.5. The van der Waals surface area contributed by atoms with Crippen LogP contribution in [0.15, 0.2) is 30.6 Å². The predicted octanol–water partition coefficient (Wildman–Crippen LogP) is 3.14. The number of fused-ring (bicyclic) bond motifs is 1. The first kappa shape index (κ1) is 18.2. The molecule has 0 saturated heterocycles. The summed E-state index contributed by atoms with van der Waals surface area (Å²) in [7, 11) is 0. The number of hydrogen-bond donors (Lipinski definition) is 3. The Morgan fingerprint density at radius 2 is 2.07 bits per heavy atom. The van der Waals surface area contributed by atoms with Crippen LogP contribution in [0.5, 0.6) is 0 Å². The minimum atomic E-state index is 0.299. The molecule has 2 heterocycles. The number of aromatic nitrogens is 4. The first-order chi connectivity index (χ1) is 13.7. The molecular weight excluding hydrogens is 352 g/mol. The monoisotopic (exact) mass is 376 g/mol. The van der Waals surface area contributed by atoms with Gasteiger partial charge in [-0.05, 0) is 50.8 Å². The summed E-state index contributed by atoms with van der Waals surface area (Å²) >= 11 is 0. The third-order valence-electron chi connectivity index (χ3n) is 5.16. The Morgan fingerprint density at radius 3 is 2.82 bits per heavy atom. The molecule has 0 unspecified atom stereocenters. The largest absolute Gasteiger partial charge is 0.351 e. The van der Waals surface area contributed by atoms with E-state index in [0.717, 1.165) is 43.6 Å². The van der Waals surface area contributed by atoms with Crippen molar-refractivity contribution in [2.24, 2.45) is 5.73 Å². The van der Waals surface area contributed by atoms with Gasteiger partial charge in [-0.1, -0.05) is 6.07 Å². The van der Waals surface area contributed by atoms with Crippen molar-refractivity contribution < 1.29 is 0 Å². The summed E-state index contributed by atoms with van der Waals surface area (Å²) in [5.41, 5.74) is 8.89. The van der Waals surface area contributed by atoms with Gasteiger partial charge in [0.1, 0.15) is 0 Å². The van der Waals surface area contributed by atoms with E-state index < -0.39 is 0 Å². The smallest absolute Gasteiger partial charge is 0.227 e. The first-order valence-corrected chi connectivity index (χ1v) is 9.68. The number of hydrogen-bond acceptors (Lipinski definition) is 7. The minimum Gasteiger partial charge on any atom is -0.351 e. The van der Waals surface area contributed by atoms with Gasteiger partial charge in [0.15, 0.2) is 17.0 Å². The summed E-state index contributed by atoms with van der Waals surface area (Å²) in [4.78, 5) is 13.9. The van der Waals surface area contributed by atoms with E-state index in [0.29, 0.717) is 34.9 Å². The van der Waals surface area contributed by atoms with Gasteiger partial charge in [0, 0.05) is 24.3 Å². The Kier molecular flexibility index (Phi) is 5.08. The van der Waals surface area contributed by atoms with E-state index >= 15 is 0 Å². The third kappa shape index (κ3) is 3.75. The molecule has 8 heteroatoms. The second kappa shape index (κ2) is 7.82.